The number of hydrogen-bond acceptors (Lipinski definition) is 3. The molecule has 0 bridgehead atoms. The highest BCUT2D eigenvalue weighted by Gasteiger charge is 2.19. The van der Waals surface area contributed by atoms with Gasteiger partial charge in [0.05, 0.1) is 10.2 Å². The highest BCUT2D eigenvalue weighted by atomic mass is 79.9. The number of pyridine rings is 1. The van der Waals surface area contributed by atoms with Crippen molar-refractivity contribution in [2.75, 3.05) is 23.3 Å². The van der Waals surface area contributed by atoms with Gasteiger partial charge in [-0.1, -0.05) is 0 Å². The van der Waals surface area contributed by atoms with Crippen molar-refractivity contribution in [3.05, 3.63) is 57.4 Å². The number of carbonyl (C=O) groups excluding carboxylic acids is 1. The summed E-state index contributed by atoms with van der Waals surface area (Å²) in [6.07, 6.45) is 1.94. The first-order valence-electron chi connectivity index (χ1n) is 9.17. The molecule has 0 unspecified atom stereocenters. The third-order valence-electron chi connectivity index (χ3n) is 4.79. The van der Waals surface area contributed by atoms with Crippen LogP contribution >= 0.6 is 15.9 Å². The molecule has 2 aromatic heterocycles. The van der Waals surface area contributed by atoms with Gasteiger partial charge >= 0.3 is 0 Å². The standard InChI is InChI=1S/C21H25BrN4O/c1-6-25(7-2)16-8-9-18(14(4)11-16)24-21(27)19-15(5)23-20-17(22)10-13(3)12-26(19)20/h8-12H,6-7H2,1-5H3,(H,24,27). The van der Waals surface area contributed by atoms with E-state index in [1.165, 1.54) is 5.69 Å². The van der Waals surface area contributed by atoms with Gasteiger partial charge in [-0.2, -0.15) is 0 Å². The van der Waals surface area contributed by atoms with E-state index in [0.717, 1.165) is 40.0 Å². The molecule has 27 heavy (non-hydrogen) atoms. The minimum Gasteiger partial charge on any atom is -0.372 e. The van der Waals surface area contributed by atoms with E-state index in [1.807, 2.05) is 43.5 Å². The summed E-state index contributed by atoms with van der Waals surface area (Å²) in [5.41, 5.74) is 6.09. The van der Waals surface area contributed by atoms with Crippen LogP contribution in [0.15, 0.2) is 34.9 Å². The fourth-order valence-corrected chi connectivity index (χ4v) is 4.01. The predicted molar refractivity (Wildman–Crippen MR) is 115 cm³/mol. The molecular formula is C21H25BrN4O. The maximum atomic E-state index is 13.0. The minimum atomic E-state index is -0.156. The molecule has 142 valence electrons. The van der Waals surface area contributed by atoms with Crippen LogP contribution in [0.1, 0.15) is 41.2 Å². The van der Waals surface area contributed by atoms with E-state index in [1.54, 1.807) is 0 Å². The molecule has 0 saturated carbocycles. The molecule has 3 rings (SSSR count). The van der Waals surface area contributed by atoms with E-state index in [2.05, 4.69) is 57.1 Å². The van der Waals surface area contributed by atoms with E-state index in [9.17, 15) is 4.79 Å². The van der Waals surface area contributed by atoms with Crippen molar-refractivity contribution in [2.45, 2.75) is 34.6 Å². The van der Waals surface area contributed by atoms with E-state index in [0.29, 0.717) is 11.4 Å². The maximum absolute atomic E-state index is 13.0. The van der Waals surface area contributed by atoms with Crippen molar-refractivity contribution in [1.82, 2.24) is 9.38 Å². The van der Waals surface area contributed by atoms with Crippen LogP contribution in [0.3, 0.4) is 0 Å². The summed E-state index contributed by atoms with van der Waals surface area (Å²) in [4.78, 5) is 19.9. The summed E-state index contributed by atoms with van der Waals surface area (Å²) in [5, 5.41) is 3.05. The van der Waals surface area contributed by atoms with Crippen molar-refractivity contribution in [3.63, 3.8) is 0 Å². The van der Waals surface area contributed by atoms with Gasteiger partial charge in [0, 0.05) is 30.7 Å². The first-order chi connectivity index (χ1) is 12.8. The summed E-state index contributed by atoms with van der Waals surface area (Å²) < 4.78 is 2.73. The van der Waals surface area contributed by atoms with Gasteiger partial charge in [0.15, 0.2) is 5.65 Å². The fourth-order valence-electron chi connectivity index (χ4n) is 3.37. The number of nitrogens with one attached hydrogen (secondary N) is 1. The molecule has 5 nitrogen and oxygen atoms in total. The number of benzene rings is 1. The Hall–Kier alpha value is -2.34. The second-order valence-electron chi connectivity index (χ2n) is 6.73. The number of anilines is 2. The highest BCUT2D eigenvalue weighted by molar-refractivity contribution is 9.10. The molecule has 0 fully saturated rings. The molecule has 0 aliphatic rings. The second kappa shape index (κ2) is 7.72. The van der Waals surface area contributed by atoms with Gasteiger partial charge in [0.2, 0.25) is 0 Å². The van der Waals surface area contributed by atoms with Crippen molar-refractivity contribution >= 4 is 38.9 Å². The molecule has 0 atom stereocenters. The molecule has 1 amide bonds. The van der Waals surface area contributed by atoms with Gasteiger partial charge in [-0.25, -0.2) is 4.98 Å². The smallest absolute Gasteiger partial charge is 0.274 e. The van der Waals surface area contributed by atoms with Crippen molar-refractivity contribution in [1.29, 1.82) is 0 Å². The molecule has 3 aromatic rings. The Morgan fingerprint density at radius 2 is 1.89 bits per heavy atom. The Kier molecular flexibility index (Phi) is 5.56. The molecular weight excluding hydrogens is 404 g/mol. The monoisotopic (exact) mass is 428 g/mol. The van der Waals surface area contributed by atoms with Crippen molar-refractivity contribution in [2.24, 2.45) is 0 Å². The van der Waals surface area contributed by atoms with Crippen LogP contribution in [0, 0.1) is 20.8 Å². The van der Waals surface area contributed by atoms with Crippen LogP contribution in [0.5, 0.6) is 0 Å². The zero-order chi connectivity index (χ0) is 19.7. The minimum absolute atomic E-state index is 0.156. The SMILES string of the molecule is CCN(CC)c1ccc(NC(=O)c2c(C)nc3c(Br)cc(C)cn23)c(C)c1. The third kappa shape index (κ3) is 3.72. The number of carbonyl (C=O) groups is 1. The van der Waals surface area contributed by atoms with E-state index < -0.39 is 0 Å². The van der Waals surface area contributed by atoms with Gasteiger partial charge in [0.1, 0.15) is 5.69 Å². The number of halogens is 1. The number of nitrogens with zero attached hydrogens (tertiary/aromatic N) is 3. The summed E-state index contributed by atoms with van der Waals surface area (Å²) in [6.45, 7) is 12.1. The highest BCUT2D eigenvalue weighted by Crippen LogP contribution is 2.25. The zero-order valence-corrected chi connectivity index (χ0v) is 18.0. The van der Waals surface area contributed by atoms with Crippen molar-refractivity contribution < 1.29 is 4.79 Å². The predicted octanol–water partition coefficient (Wildman–Crippen LogP) is 5.12. The molecule has 0 spiro atoms. The van der Waals surface area contributed by atoms with Crippen LogP contribution < -0.4 is 10.2 Å². The lowest BCUT2D eigenvalue weighted by Gasteiger charge is -2.22. The topological polar surface area (TPSA) is 49.6 Å². The molecule has 1 aromatic carbocycles. The Bertz CT molecular complexity index is 1010. The summed E-state index contributed by atoms with van der Waals surface area (Å²) >= 11 is 3.54. The number of amides is 1. The maximum Gasteiger partial charge on any atom is 0.274 e. The Balaban J connectivity index is 1.95. The quantitative estimate of drug-likeness (QED) is 0.613. The van der Waals surface area contributed by atoms with Crippen LogP contribution in [-0.2, 0) is 0 Å². The summed E-state index contributed by atoms with van der Waals surface area (Å²) in [5.74, 6) is -0.156. The van der Waals surface area contributed by atoms with Crippen molar-refractivity contribution in [3.8, 4) is 0 Å². The van der Waals surface area contributed by atoms with Gasteiger partial charge in [-0.3, -0.25) is 9.20 Å². The Morgan fingerprint density at radius 3 is 2.52 bits per heavy atom. The summed E-state index contributed by atoms with van der Waals surface area (Å²) in [7, 11) is 0. The van der Waals surface area contributed by atoms with Gasteiger partial charge < -0.3 is 10.2 Å². The number of aryl methyl sites for hydroxylation is 3. The molecule has 6 heteroatoms. The van der Waals surface area contributed by atoms with Crippen LogP contribution in [-0.4, -0.2) is 28.4 Å². The van der Waals surface area contributed by atoms with Gasteiger partial charge in [0.25, 0.3) is 5.91 Å². The molecule has 0 radical (unpaired) electrons. The average molecular weight is 429 g/mol. The zero-order valence-electron chi connectivity index (χ0n) is 16.4. The Labute approximate surface area is 168 Å². The Morgan fingerprint density at radius 1 is 1.19 bits per heavy atom. The molecule has 0 aliphatic heterocycles. The molecule has 0 saturated heterocycles. The number of hydrogen-bond donors (Lipinski definition) is 1. The largest absolute Gasteiger partial charge is 0.372 e. The van der Waals surface area contributed by atoms with E-state index in [4.69, 9.17) is 0 Å². The fraction of sp³-hybridized carbons (Fsp3) is 0.333. The third-order valence-corrected chi connectivity index (χ3v) is 5.37. The lowest BCUT2D eigenvalue weighted by atomic mass is 10.1. The molecule has 2 heterocycles. The lowest BCUT2D eigenvalue weighted by molar-refractivity contribution is 0.102. The average Bonchev–Trinajstić information content (AvgIpc) is 2.94. The van der Waals surface area contributed by atoms with Gasteiger partial charge in [-0.15, -0.1) is 0 Å². The first-order valence-corrected chi connectivity index (χ1v) is 9.96. The number of fused-ring (bicyclic) bond motifs is 1. The second-order valence-corrected chi connectivity index (χ2v) is 7.58. The normalized spacial score (nSPS) is 11.0. The van der Waals surface area contributed by atoms with E-state index >= 15 is 0 Å². The summed E-state index contributed by atoms with van der Waals surface area (Å²) in [6, 6.07) is 8.14. The van der Waals surface area contributed by atoms with Crippen LogP contribution in [0.2, 0.25) is 0 Å². The van der Waals surface area contributed by atoms with Crippen LogP contribution in [0.25, 0.3) is 5.65 Å². The molecule has 0 aliphatic carbocycles. The van der Waals surface area contributed by atoms with Crippen LogP contribution in [0.4, 0.5) is 11.4 Å². The number of imidazole rings is 1. The molecule has 1 N–H and O–H groups in total. The number of rotatable bonds is 5. The van der Waals surface area contributed by atoms with E-state index in [-0.39, 0.29) is 5.91 Å². The van der Waals surface area contributed by atoms with Gasteiger partial charge in [-0.05, 0) is 85.9 Å². The first kappa shape index (κ1) is 19.4. The lowest BCUT2D eigenvalue weighted by Crippen LogP contribution is -2.22. The number of aromatic nitrogens is 2.